The van der Waals surface area contributed by atoms with E-state index in [1.54, 1.807) is 6.07 Å². The Bertz CT molecular complexity index is 545. The fraction of sp³-hybridized carbons (Fsp3) is 0.438. The number of aliphatic carboxylic acids is 1. The molecule has 0 bridgehead atoms. The van der Waals surface area contributed by atoms with Crippen LogP contribution in [-0.2, 0) is 11.3 Å². The molecule has 1 atom stereocenters. The maximum atomic E-state index is 13.4. The van der Waals surface area contributed by atoms with Crippen LogP contribution in [0.15, 0.2) is 24.3 Å². The molecule has 0 aliphatic carbocycles. The van der Waals surface area contributed by atoms with E-state index in [2.05, 4.69) is 23.8 Å². The molecule has 1 unspecified atom stereocenters. The van der Waals surface area contributed by atoms with Gasteiger partial charge >= 0.3 is 5.97 Å². The van der Waals surface area contributed by atoms with Crippen LogP contribution in [0, 0.1) is 5.82 Å². The first-order chi connectivity index (χ1) is 9.95. The highest BCUT2D eigenvalue weighted by Gasteiger charge is 2.21. The fourth-order valence-corrected chi connectivity index (χ4v) is 2.66. The van der Waals surface area contributed by atoms with Crippen LogP contribution >= 0.6 is 0 Å². The zero-order valence-electron chi connectivity index (χ0n) is 12.4. The number of benzene rings is 1. The van der Waals surface area contributed by atoms with E-state index >= 15 is 0 Å². The summed E-state index contributed by atoms with van der Waals surface area (Å²) in [7, 11) is 2.10. The van der Waals surface area contributed by atoms with Gasteiger partial charge in [-0.2, -0.15) is 0 Å². The molecule has 1 N–H and O–H groups in total. The van der Waals surface area contributed by atoms with E-state index in [-0.39, 0.29) is 5.82 Å². The zero-order valence-corrected chi connectivity index (χ0v) is 12.4. The third-order valence-electron chi connectivity index (χ3n) is 3.85. The van der Waals surface area contributed by atoms with Crippen LogP contribution in [0.3, 0.4) is 0 Å². The Morgan fingerprint density at radius 3 is 2.90 bits per heavy atom. The molecule has 21 heavy (non-hydrogen) atoms. The zero-order chi connectivity index (χ0) is 15.4. The van der Waals surface area contributed by atoms with Crippen molar-refractivity contribution in [3.63, 3.8) is 0 Å². The smallest absolute Gasteiger partial charge is 0.328 e. The van der Waals surface area contributed by atoms with Gasteiger partial charge < -0.3 is 10.0 Å². The molecule has 1 aliphatic heterocycles. The van der Waals surface area contributed by atoms with Gasteiger partial charge in [0.05, 0.1) is 0 Å². The standard InChI is InChI=1S/C16H21FN2O2/c1-12-10-18(2)7-8-19(12)11-14-3-5-15(17)9-13(14)4-6-16(20)21/h3-6,9,12H,7-8,10-11H2,1-2H3,(H,20,21)/b6-4+. The number of carbonyl (C=O) groups is 1. The summed E-state index contributed by atoms with van der Waals surface area (Å²) in [4.78, 5) is 15.3. The molecule has 2 rings (SSSR count). The summed E-state index contributed by atoms with van der Waals surface area (Å²) in [5, 5.41) is 8.73. The van der Waals surface area contributed by atoms with Gasteiger partial charge in [-0.1, -0.05) is 6.07 Å². The maximum absolute atomic E-state index is 13.4. The van der Waals surface area contributed by atoms with Crippen molar-refractivity contribution in [3.05, 3.63) is 41.2 Å². The maximum Gasteiger partial charge on any atom is 0.328 e. The van der Waals surface area contributed by atoms with Crippen LogP contribution in [0.25, 0.3) is 6.08 Å². The van der Waals surface area contributed by atoms with Crippen molar-refractivity contribution >= 4 is 12.0 Å². The first-order valence-electron chi connectivity index (χ1n) is 7.07. The van der Waals surface area contributed by atoms with E-state index < -0.39 is 5.97 Å². The highest BCUT2D eigenvalue weighted by atomic mass is 19.1. The van der Waals surface area contributed by atoms with Crippen molar-refractivity contribution in [2.24, 2.45) is 0 Å². The first kappa shape index (κ1) is 15.7. The third kappa shape index (κ3) is 4.37. The van der Waals surface area contributed by atoms with Crippen molar-refractivity contribution < 1.29 is 14.3 Å². The number of rotatable bonds is 4. The summed E-state index contributed by atoms with van der Waals surface area (Å²) in [6.45, 7) is 5.84. The topological polar surface area (TPSA) is 43.8 Å². The Kier molecular flexibility index (Phi) is 5.09. The molecule has 1 saturated heterocycles. The molecule has 1 fully saturated rings. The van der Waals surface area contributed by atoms with Crippen molar-refractivity contribution in [3.8, 4) is 0 Å². The van der Waals surface area contributed by atoms with E-state index in [9.17, 15) is 9.18 Å². The SMILES string of the molecule is CC1CN(C)CCN1Cc1ccc(F)cc1/C=C/C(=O)O. The Hall–Kier alpha value is -1.72. The molecule has 1 aliphatic rings. The van der Waals surface area contributed by atoms with E-state index in [4.69, 9.17) is 5.11 Å². The Morgan fingerprint density at radius 2 is 2.24 bits per heavy atom. The van der Waals surface area contributed by atoms with E-state index in [1.165, 1.54) is 18.2 Å². The molecule has 114 valence electrons. The van der Waals surface area contributed by atoms with Crippen molar-refractivity contribution in [1.29, 1.82) is 0 Å². The largest absolute Gasteiger partial charge is 0.478 e. The molecule has 1 aromatic rings. The number of piperazine rings is 1. The summed E-state index contributed by atoms with van der Waals surface area (Å²) in [5.74, 6) is -1.38. The average molecular weight is 292 g/mol. The van der Waals surface area contributed by atoms with Crippen LogP contribution < -0.4 is 0 Å². The minimum Gasteiger partial charge on any atom is -0.478 e. The predicted octanol–water partition coefficient (Wildman–Crippen LogP) is 2.06. The van der Waals surface area contributed by atoms with E-state index in [1.807, 2.05) is 0 Å². The molecule has 0 radical (unpaired) electrons. The number of hydrogen-bond acceptors (Lipinski definition) is 3. The van der Waals surface area contributed by atoms with Gasteiger partial charge in [-0.15, -0.1) is 0 Å². The molecule has 5 heteroatoms. The number of nitrogens with zero attached hydrogens (tertiary/aromatic N) is 2. The summed E-state index contributed by atoms with van der Waals surface area (Å²) in [5.41, 5.74) is 1.58. The van der Waals surface area contributed by atoms with Gasteiger partial charge in [-0.3, -0.25) is 4.90 Å². The van der Waals surface area contributed by atoms with Crippen LogP contribution in [0.5, 0.6) is 0 Å². The minimum atomic E-state index is -1.03. The molecule has 0 saturated carbocycles. The molecule has 0 spiro atoms. The van der Waals surface area contributed by atoms with Gasteiger partial charge in [0.1, 0.15) is 5.82 Å². The van der Waals surface area contributed by atoms with Crippen LogP contribution in [0.2, 0.25) is 0 Å². The Morgan fingerprint density at radius 1 is 1.48 bits per heavy atom. The lowest BCUT2D eigenvalue weighted by molar-refractivity contribution is -0.131. The first-order valence-corrected chi connectivity index (χ1v) is 7.07. The number of carboxylic acid groups (broad SMARTS) is 1. The predicted molar refractivity (Wildman–Crippen MR) is 80.4 cm³/mol. The molecule has 1 heterocycles. The monoisotopic (exact) mass is 292 g/mol. The quantitative estimate of drug-likeness (QED) is 0.863. The van der Waals surface area contributed by atoms with Crippen LogP contribution in [0.1, 0.15) is 18.1 Å². The molecule has 0 amide bonds. The van der Waals surface area contributed by atoms with Gasteiger partial charge in [0.15, 0.2) is 0 Å². The molecular formula is C16H21FN2O2. The number of likely N-dealkylation sites (N-methyl/N-ethyl adjacent to an activating group) is 1. The third-order valence-corrected chi connectivity index (χ3v) is 3.85. The summed E-state index contributed by atoms with van der Waals surface area (Å²) < 4.78 is 13.4. The van der Waals surface area contributed by atoms with Crippen molar-refractivity contribution in [2.75, 3.05) is 26.7 Å². The van der Waals surface area contributed by atoms with Gasteiger partial charge in [-0.05, 0) is 43.3 Å². The van der Waals surface area contributed by atoms with Crippen molar-refractivity contribution in [2.45, 2.75) is 19.5 Å². The molecule has 1 aromatic carbocycles. The van der Waals surface area contributed by atoms with Gasteiger partial charge in [0.2, 0.25) is 0 Å². The average Bonchev–Trinajstić information content (AvgIpc) is 2.41. The second-order valence-electron chi connectivity index (χ2n) is 5.60. The molecule has 0 aromatic heterocycles. The van der Waals surface area contributed by atoms with Gasteiger partial charge in [-0.25, -0.2) is 9.18 Å². The lowest BCUT2D eigenvalue weighted by Gasteiger charge is -2.38. The summed E-state index contributed by atoms with van der Waals surface area (Å²) >= 11 is 0. The Balaban J connectivity index is 2.17. The van der Waals surface area contributed by atoms with E-state index in [0.717, 1.165) is 31.3 Å². The lowest BCUT2D eigenvalue weighted by Crippen LogP contribution is -2.49. The normalized spacial score (nSPS) is 21.0. The van der Waals surface area contributed by atoms with Gasteiger partial charge in [0, 0.05) is 38.3 Å². The number of carboxylic acids is 1. The van der Waals surface area contributed by atoms with Crippen LogP contribution in [0.4, 0.5) is 4.39 Å². The van der Waals surface area contributed by atoms with Crippen LogP contribution in [-0.4, -0.2) is 53.6 Å². The molecule has 4 nitrogen and oxygen atoms in total. The highest BCUT2D eigenvalue weighted by molar-refractivity contribution is 5.85. The highest BCUT2D eigenvalue weighted by Crippen LogP contribution is 2.18. The fourth-order valence-electron chi connectivity index (χ4n) is 2.66. The van der Waals surface area contributed by atoms with E-state index in [0.29, 0.717) is 18.2 Å². The minimum absolute atomic E-state index is 0.352. The second kappa shape index (κ2) is 6.83. The Labute approximate surface area is 124 Å². The number of hydrogen-bond donors (Lipinski definition) is 1. The lowest BCUT2D eigenvalue weighted by atomic mass is 10.0. The van der Waals surface area contributed by atoms with Gasteiger partial charge in [0.25, 0.3) is 0 Å². The van der Waals surface area contributed by atoms with Crippen molar-refractivity contribution in [1.82, 2.24) is 9.80 Å². The summed E-state index contributed by atoms with van der Waals surface area (Å²) in [6.07, 6.45) is 2.51. The molecular weight excluding hydrogens is 271 g/mol. The second-order valence-corrected chi connectivity index (χ2v) is 5.60. The number of halogens is 1. The summed E-state index contributed by atoms with van der Waals surface area (Å²) in [6, 6.07) is 4.97.